The summed E-state index contributed by atoms with van der Waals surface area (Å²) in [5, 5.41) is 24.4. The zero-order valence-corrected chi connectivity index (χ0v) is 25.4. The third kappa shape index (κ3) is 4.02. The van der Waals surface area contributed by atoms with Gasteiger partial charge in [-0.25, -0.2) is 4.98 Å². The Bertz CT molecular complexity index is 2710. The quantitative estimate of drug-likeness (QED) is 0.197. The summed E-state index contributed by atoms with van der Waals surface area (Å²) in [7, 11) is 0. The van der Waals surface area contributed by atoms with Crippen molar-refractivity contribution in [2.45, 2.75) is 0 Å². The largest absolute Gasteiger partial charge is 0.307 e. The summed E-state index contributed by atoms with van der Waals surface area (Å²) in [5.74, 6) is 1.64. The number of aromatic nitrogens is 5. The first-order valence-electron chi connectivity index (χ1n) is 15.5. The molecule has 9 aromatic rings. The van der Waals surface area contributed by atoms with E-state index in [1.807, 2.05) is 95.6 Å². The van der Waals surface area contributed by atoms with Crippen LogP contribution >= 0.6 is 0 Å². The van der Waals surface area contributed by atoms with Crippen LogP contribution in [-0.4, -0.2) is 24.1 Å². The molecule has 0 saturated carbocycles. The van der Waals surface area contributed by atoms with Gasteiger partial charge in [0.25, 0.3) is 0 Å². The molecule has 9 rings (SSSR count). The van der Waals surface area contributed by atoms with E-state index >= 15 is 0 Å². The van der Waals surface area contributed by atoms with Crippen LogP contribution < -0.4 is 0 Å². The number of hydrogen-bond donors (Lipinski definition) is 0. The van der Waals surface area contributed by atoms with E-state index in [0.717, 1.165) is 54.7 Å². The van der Waals surface area contributed by atoms with Crippen LogP contribution in [0.1, 0.15) is 11.1 Å². The SMILES string of the molecule is N#Cc1cccc(C#N)c1-n1c2ccccc2c2c1ccc1c3ccccc3n(-c3nc(-c4ccccc4)nc(-c4ccccc4)n3)c12. The van der Waals surface area contributed by atoms with Gasteiger partial charge in [-0.2, -0.15) is 20.5 Å². The van der Waals surface area contributed by atoms with Gasteiger partial charge in [0.2, 0.25) is 5.95 Å². The molecule has 0 N–H and O–H groups in total. The van der Waals surface area contributed by atoms with E-state index in [1.54, 1.807) is 18.2 Å². The van der Waals surface area contributed by atoms with Crippen LogP contribution in [0.2, 0.25) is 0 Å². The molecule has 0 saturated heterocycles. The van der Waals surface area contributed by atoms with Gasteiger partial charge in [0.1, 0.15) is 12.1 Å². The van der Waals surface area contributed by atoms with Crippen molar-refractivity contribution in [3.63, 3.8) is 0 Å². The zero-order valence-electron chi connectivity index (χ0n) is 25.4. The van der Waals surface area contributed by atoms with Gasteiger partial charge in [-0.1, -0.05) is 109 Å². The molecule has 3 aromatic heterocycles. The number of hydrogen-bond acceptors (Lipinski definition) is 5. The first-order chi connectivity index (χ1) is 23.7. The van der Waals surface area contributed by atoms with E-state index < -0.39 is 0 Å². The molecule has 222 valence electrons. The first-order valence-corrected chi connectivity index (χ1v) is 15.5. The second-order valence-electron chi connectivity index (χ2n) is 11.5. The molecule has 0 aliphatic rings. The van der Waals surface area contributed by atoms with Crippen LogP contribution in [0, 0.1) is 22.7 Å². The molecule has 0 fully saturated rings. The van der Waals surface area contributed by atoms with Gasteiger partial charge in [-0.15, -0.1) is 0 Å². The van der Waals surface area contributed by atoms with E-state index in [-0.39, 0.29) is 0 Å². The lowest BCUT2D eigenvalue weighted by Gasteiger charge is -2.12. The van der Waals surface area contributed by atoms with Crippen molar-refractivity contribution in [2.75, 3.05) is 0 Å². The van der Waals surface area contributed by atoms with E-state index in [9.17, 15) is 10.5 Å². The molecular weight excluding hydrogens is 591 g/mol. The second-order valence-corrected chi connectivity index (χ2v) is 11.5. The molecule has 0 atom stereocenters. The van der Waals surface area contributed by atoms with Crippen LogP contribution in [0.15, 0.2) is 140 Å². The maximum Gasteiger partial charge on any atom is 0.238 e. The lowest BCUT2D eigenvalue weighted by Crippen LogP contribution is -2.06. The van der Waals surface area contributed by atoms with Crippen molar-refractivity contribution in [1.29, 1.82) is 10.5 Å². The van der Waals surface area contributed by atoms with Crippen LogP contribution in [0.3, 0.4) is 0 Å². The number of nitrogens with zero attached hydrogens (tertiary/aromatic N) is 7. The van der Waals surface area contributed by atoms with Crippen molar-refractivity contribution in [2.24, 2.45) is 0 Å². The summed E-state index contributed by atoms with van der Waals surface area (Å²) >= 11 is 0. The lowest BCUT2D eigenvalue weighted by molar-refractivity contribution is 0.955. The Balaban J connectivity index is 1.47. The summed E-state index contributed by atoms with van der Waals surface area (Å²) in [4.78, 5) is 15.2. The van der Waals surface area contributed by atoms with E-state index in [1.165, 1.54) is 0 Å². The molecule has 0 aliphatic carbocycles. The number of para-hydroxylation sites is 3. The number of rotatable bonds is 4. The Labute approximate surface area is 274 Å². The molecule has 7 nitrogen and oxygen atoms in total. The predicted octanol–water partition coefficient (Wildman–Crippen LogP) is 9.14. The average Bonchev–Trinajstić information content (AvgIpc) is 3.68. The summed E-state index contributed by atoms with van der Waals surface area (Å²) in [5.41, 5.74) is 6.83. The van der Waals surface area contributed by atoms with E-state index in [4.69, 9.17) is 15.0 Å². The van der Waals surface area contributed by atoms with Crippen molar-refractivity contribution < 1.29 is 0 Å². The minimum absolute atomic E-state index is 0.426. The van der Waals surface area contributed by atoms with Gasteiger partial charge >= 0.3 is 0 Å². The molecule has 0 amide bonds. The molecule has 3 heterocycles. The number of nitriles is 2. The van der Waals surface area contributed by atoms with Crippen molar-refractivity contribution in [3.05, 3.63) is 151 Å². The highest BCUT2D eigenvalue weighted by Crippen LogP contribution is 2.42. The van der Waals surface area contributed by atoms with Gasteiger partial charge in [-0.05, 0) is 30.3 Å². The monoisotopic (exact) mass is 613 g/mol. The van der Waals surface area contributed by atoms with Gasteiger partial charge in [0.15, 0.2) is 11.6 Å². The number of benzene rings is 6. The fourth-order valence-corrected chi connectivity index (χ4v) is 6.82. The van der Waals surface area contributed by atoms with Crippen molar-refractivity contribution >= 4 is 43.6 Å². The molecule has 0 radical (unpaired) electrons. The van der Waals surface area contributed by atoms with Crippen LogP contribution in [-0.2, 0) is 0 Å². The van der Waals surface area contributed by atoms with Crippen molar-refractivity contribution in [3.8, 4) is 46.5 Å². The predicted molar refractivity (Wildman–Crippen MR) is 189 cm³/mol. The third-order valence-corrected chi connectivity index (χ3v) is 8.86. The molecule has 48 heavy (non-hydrogen) atoms. The Morgan fingerprint density at radius 1 is 0.438 bits per heavy atom. The zero-order chi connectivity index (χ0) is 32.2. The van der Waals surface area contributed by atoms with E-state index in [0.29, 0.717) is 34.4 Å². The van der Waals surface area contributed by atoms with Gasteiger partial charge in [-0.3, -0.25) is 4.57 Å². The molecular formula is C41H23N7. The minimum atomic E-state index is 0.426. The number of fused-ring (bicyclic) bond motifs is 7. The lowest BCUT2D eigenvalue weighted by atomic mass is 10.1. The first kappa shape index (κ1) is 27.2. The smallest absolute Gasteiger partial charge is 0.238 e. The Hall–Kier alpha value is -7.09. The third-order valence-electron chi connectivity index (χ3n) is 8.86. The van der Waals surface area contributed by atoms with Gasteiger partial charge < -0.3 is 4.57 Å². The maximum atomic E-state index is 10.2. The minimum Gasteiger partial charge on any atom is -0.307 e. The fraction of sp³-hybridized carbons (Fsp3) is 0. The maximum absolute atomic E-state index is 10.2. The standard InChI is InChI=1S/C41H23N7/c42-24-28-16-11-17-29(25-43)37(28)47-34-21-10-8-19-32(34)36-35(47)23-22-31-30-18-7-9-20-33(30)48(38(31)36)41-45-39(26-12-3-1-4-13-26)44-40(46-41)27-14-5-2-6-15-27/h1-23H. The van der Waals surface area contributed by atoms with Crippen LogP contribution in [0.4, 0.5) is 0 Å². The molecule has 6 aromatic carbocycles. The summed E-state index contributed by atoms with van der Waals surface area (Å²) in [6, 6.07) is 50.4. The normalized spacial score (nSPS) is 11.3. The second kappa shape index (κ2) is 10.8. The van der Waals surface area contributed by atoms with Crippen molar-refractivity contribution in [1.82, 2.24) is 24.1 Å². The Morgan fingerprint density at radius 3 is 1.58 bits per heavy atom. The molecule has 0 unspecified atom stereocenters. The van der Waals surface area contributed by atoms with E-state index in [2.05, 4.69) is 47.0 Å². The van der Waals surface area contributed by atoms with Gasteiger partial charge in [0.05, 0.1) is 38.9 Å². The Morgan fingerprint density at radius 2 is 0.979 bits per heavy atom. The highest BCUT2D eigenvalue weighted by molar-refractivity contribution is 6.26. The summed E-state index contributed by atoms with van der Waals surface area (Å²) in [6.07, 6.45) is 0. The van der Waals surface area contributed by atoms with Crippen LogP contribution in [0.5, 0.6) is 0 Å². The molecule has 0 spiro atoms. The average molecular weight is 614 g/mol. The van der Waals surface area contributed by atoms with Crippen LogP contribution in [0.25, 0.3) is 78.0 Å². The summed E-state index contributed by atoms with van der Waals surface area (Å²) in [6.45, 7) is 0. The molecule has 0 bridgehead atoms. The topological polar surface area (TPSA) is 96.1 Å². The highest BCUT2D eigenvalue weighted by Gasteiger charge is 2.24. The summed E-state index contributed by atoms with van der Waals surface area (Å²) < 4.78 is 4.17. The molecule has 7 heteroatoms. The van der Waals surface area contributed by atoms with Gasteiger partial charge in [0, 0.05) is 32.7 Å². The highest BCUT2D eigenvalue weighted by atomic mass is 15.2. The fourth-order valence-electron chi connectivity index (χ4n) is 6.82. The Kier molecular flexibility index (Phi) is 6.11. The molecule has 0 aliphatic heterocycles.